The van der Waals surface area contributed by atoms with Gasteiger partial charge in [-0.05, 0) is 52.6 Å². The lowest BCUT2D eigenvalue weighted by molar-refractivity contribution is -0.0982. The Morgan fingerprint density at radius 3 is 1.96 bits per heavy atom. The maximum absolute atomic E-state index is 10.5. The van der Waals surface area contributed by atoms with E-state index < -0.39 is 18.3 Å². The average Bonchev–Trinajstić information content (AvgIpc) is 2.61. The van der Waals surface area contributed by atoms with Crippen molar-refractivity contribution in [3.8, 4) is 0 Å². The zero-order valence-corrected chi connectivity index (χ0v) is 18.3. The van der Waals surface area contributed by atoms with Gasteiger partial charge in [0.2, 0.25) is 0 Å². The van der Waals surface area contributed by atoms with Crippen LogP contribution in [0.5, 0.6) is 0 Å². The summed E-state index contributed by atoms with van der Waals surface area (Å²) in [7, 11) is -1.10. The van der Waals surface area contributed by atoms with E-state index in [2.05, 4.69) is 23.6 Å². The van der Waals surface area contributed by atoms with E-state index in [9.17, 15) is 10.1 Å². The van der Waals surface area contributed by atoms with Crippen LogP contribution < -0.4 is 5.46 Å². The average molecular weight is 392 g/mol. The van der Waals surface area contributed by atoms with Gasteiger partial charge in [-0.25, -0.2) is 0 Å². The van der Waals surface area contributed by atoms with Crippen molar-refractivity contribution in [3.63, 3.8) is 0 Å². The summed E-state index contributed by atoms with van der Waals surface area (Å²) in [6.07, 6.45) is 0. The Hall–Kier alpha value is -0.955. The van der Waals surface area contributed by atoms with Crippen LogP contribution in [-0.4, -0.2) is 82.7 Å². The molecule has 1 aliphatic heterocycles. The van der Waals surface area contributed by atoms with Crippen molar-refractivity contribution in [2.45, 2.75) is 58.3 Å². The Kier molecular flexibility index (Phi) is 7.34. The first kappa shape index (κ1) is 23.3. The summed E-state index contributed by atoms with van der Waals surface area (Å²) >= 11 is 0. The van der Waals surface area contributed by atoms with Gasteiger partial charge in [-0.2, -0.15) is 0 Å². The van der Waals surface area contributed by atoms with Crippen molar-refractivity contribution in [1.29, 1.82) is 0 Å². The first-order valence-corrected chi connectivity index (χ1v) is 10.2. The second-order valence-electron chi connectivity index (χ2n) is 9.27. The van der Waals surface area contributed by atoms with E-state index in [1.807, 2.05) is 24.3 Å². The number of piperazine rings is 1. The van der Waals surface area contributed by atoms with Crippen LogP contribution in [0.25, 0.3) is 0 Å². The largest absolute Gasteiger partial charge is 0.491 e. The lowest BCUT2D eigenvalue weighted by Gasteiger charge is -2.44. The van der Waals surface area contributed by atoms with Crippen LogP contribution in [-0.2, 0) is 10.2 Å². The van der Waals surface area contributed by atoms with Crippen molar-refractivity contribution in [1.82, 2.24) is 9.80 Å². The standard InChI is InChI=1S/C21H37BN2O4/c1-19(2,24-13-11-23(12-14-24)15-16-25)17-7-9-18(10-8-17)22(27)28-21(5,6)20(3,4)26/h7-10,25-27H,11-16H2,1-6H3. The molecule has 1 aliphatic rings. The van der Waals surface area contributed by atoms with Gasteiger partial charge in [0.1, 0.15) is 0 Å². The zero-order chi connectivity index (χ0) is 21.2. The molecule has 6 nitrogen and oxygen atoms in total. The van der Waals surface area contributed by atoms with Crippen LogP contribution in [0.3, 0.4) is 0 Å². The molecule has 0 amide bonds. The number of rotatable bonds is 8. The fourth-order valence-electron chi connectivity index (χ4n) is 3.40. The Morgan fingerprint density at radius 1 is 0.964 bits per heavy atom. The molecular weight excluding hydrogens is 355 g/mol. The molecule has 1 heterocycles. The van der Waals surface area contributed by atoms with Gasteiger partial charge in [0.05, 0.1) is 17.8 Å². The van der Waals surface area contributed by atoms with E-state index in [0.717, 1.165) is 32.7 Å². The molecule has 0 unspecified atom stereocenters. The maximum Gasteiger partial charge on any atom is 0.491 e. The van der Waals surface area contributed by atoms with Crippen molar-refractivity contribution in [2.24, 2.45) is 0 Å². The molecule has 0 radical (unpaired) electrons. The summed E-state index contributed by atoms with van der Waals surface area (Å²) in [5.74, 6) is 0. The number of β-amino-alcohol motifs (C(OH)–C–C–N with tert-alkyl or cyclic N) is 1. The summed E-state index contributed by atoms with van der Waals surface area (Å²) in [5.41, 5.74) is -0.236. The highest BCUT2D eigenvalue weighted by molar-refractivity contribution is 6.60. The molecule has 28 heavy (non-hydrogen) atoms. The van der Waals surface area contributed by atoms with Gasteiger partial charge in [-0.1, -0.05) is 24.3 Å². The highest BCUT2D eigenvalue weighted by Gasteiger charge is 2.39. The highest BCUT2D eigenvalue weighted by Crippen LogP contribution is 2.29. The van der Waals surface area contributed by atoms with Crippen molar-refractivity contribution >= 4 is 12.6 Å². The maximum atomic E-state index is 10.5. The summed E-state index contributed by atoms with van der Waals surface area (Å²) in [4.78, 5) is 4.74. The number of hydrogen-bond donors (Lipinski definition) is 3. The lowest BCUT2D eigenvalue weighted by Crippen LogP contribution is -2.54. The lowest BCUT2D eigenvalue weighted by atomic mass is 9.75. The fraction of sp³-hybridized carbons (Fsp3) is 0.714. The smallest absolute Gasteiger partial charge is 0.423 e. The van der Waals surface area contributed by atoms with Crippen molar-refractivity contribution in [2.75, 3.05) is 39.3 Å². The van der Waals surface area contributed by atoms with E-state index in [4.69, 9.17) is 9.76 Å². The Labute approximate surface area is 170 Å². The third-order valence-electron chi connectivity index (χ3n) is 6.36. The summed E-state index contributed by atoms with van der Waals surface area (Å²) in [6, 6.07) is 7.87. The van der Waals surface area contributed by atoms with Crippen LogP contribution in [0, 0.1) is 0 Å². The second-order valence-corrected chi connectivity index (χ2v) is 9.27. The number of aliphatic hydroxyl groups is 2. The summed E-state index contributed by atoms with van der Waals surface area (Å²) < 4.78 is 5.73. The molecule has 3 N–H and O–H groups in total. The van der Waals surface area contributed by atoms with Crippen LogP contribution >= 0.6 is 0 Å². The molecule has 0 aliphatic carbocycles. The fourth-order valence-corrected chi connectivity index (χ4v) is 3.40. The monoisotopic (exact) mass is 392 g/mol. The molecule has 1 aromatic carbocycles. The topological polar surface area (TPSA) is 76.4 Å². The molecule has 0 bridgehead atoms. The normalized spacial score (nSPS) is 17.8. The van der Waals surface area contributed by atoms with Gasteiger partial charge in [-0.3, -0.25) is 9.80 Å². The minimum atomic E-state index is -1.10. The molecule has 1 saturated heterocycles. The van der Waals surface area contributed by atoms with Gasteiger partial charge in [-0.15, -0.1) is 0 Å². The van der Waals surface area contributed by atoms with Gasteiger partial charge in [0, 0.05) is 38.3 Å². The summed E-state index contributed by atoms with van der Waals surface area (Å²) in [5, 5.41) is 29.8. The number of benzene rings is 1. The van der Waals surface area contributed by atoms with Crippen molar-refractivity contribution < 1.29 is 19.9 Å². The predicted octanol–water partition coefficient (Wildman–Crippen LogP) is 0.785. The predicted molar refractivity (Wildman–Crippen MR) is 114 cm³/mol. The van der Waals surface area contributed by atoms with Crippen LogP contribution in [0.4, 0.5) is 0 Å². The summed E-state index contributed by atoms with van der Waals surface area (Å²) in [6.45, 7) is 16.1. The molecule has 0 atom stereocenters. The zero-order valence-electron chi connectivity index (χ0n) is 18.3. The third kappa shape index (κ3) is 5.35. The molecule has 1 fully saturated rings. The van der Waals surface area contributed by atoms with Gasteiger partial charge >= 0.3 is 7.12 Å². The third-order valence-corrected chi connectivity index (χ3v) is 6.36. The van der Waals surface area contributed by atoms with E-state index >= 15 is 0 Å². The van der Waals surface area contributed by atoms with Crippen LogP contribution in [0.15, 0.2) is 24.3 Å². The molecule has 0 spiro atoms. The van der Waals surface area contributed by atoms with Crippen LogP contribution in [0.2, 0.25) is 0 Å². The van der Waals surface area contributed by atoms with Crippen molar-refractivity contribution in [3.05, 3.63) is 29.8 Å². The number of aliphatic hydroxyl groups excluding tert-OH is 1. The van der Waals surface area contributed by atoms with E-state index in [-0.39, 0.29) is 12.1 Å². The molecular formula is C21H37BN2O4. The second kappa shape index (κ2) is 8.82. The minimum absolute atomic E-state index is 0.123. The van der Waals surface area contributed by atoms with E-state index in [0.29, 0.717) is 5.46 Å². The minimum Gasteiger partial charge on any atom is -0.423 e. The first-order valence-electron chi connectivity index (χ1n) is 10.2. The highest BCUT2D eigenvalue weighted by atomic mass is 16.5. The molecule has 0 aromatic heterocycles. The molecule has 7 heteroatoms. The van der Waals surface area contributed by atoms with E-state index in [1.54, 1.807) is 27.7 Å². The van der Waals surface area contributed by atoms with Gasteiger partial charge in [0.25, 0.3) is 0 Å². The van der Waals surface area contributed by atoms with Crippen LogP contribution in [0.1, 0.15) is 47.1 Å². The molecule has 0 saturated carbocycles. The molecule has 2 rings (SSSR count). The quantitative estimate of drug-likeness (QED) is 0.568. The van der Waals surface area contributed by atoms with Gasteiger partial charge in [0.15, 0.2) is 0 Å². The Balaban J connectivity index is 2.05. The first-order chi connectivity index (χ1) is 12.9. The Bertz CT molecular complexity index is 620. The molecule has 1 aromatic rings. The SMILES string of the molecule is CC(C)(c1ccc(B(O)OC(C)(C)C(C)(C)O)cc1)N1CCN(CCO)CC1. The molecule has 158 valence electrons. The number of nitrogens with zero attached hydrogens (tertiary/aromatic N) is 2. The van der Waals surface area contributed by atoms with E-state index in [1.165, 1.54) is 5.56 Å². The number of hydrogen-bond acceptors (Lipinski definition) is 6. The van der Waals surface area contributed by atoms with Gasteiger partial charge < -0.3 is 19.9 Å². The Morgan fingerprint density at radius 2 is 1.50 bits per heavy atom.